The van der Waals surface area contributed by atoms with Gasteiger partial charge in [-0.1, -0.05) is 29.8 Å². The van der Waals surface area contributed by atoms with Crippen LogP contribution in [0.2, 0.25) is 0 Å². The number of amides is 2. The highest BCUT2D eigenvalue weighted by atomic mass is 16.2. The van der Waals surface area contributed by atoms with Crippen LogP contribution in [0.3, 0.4) is 0 Å². The van der Waals surface area contributed by atoms with Gasteiger partial charge in [-0.05, 0) is 25.3 Å². The van der Waals surface area contributed by atoms with Crippen molar-refractivity contribution in [2.24, 2.45) is 5.92 Å². The Bertz CT molecular complexity index is 422. The number of hydrazine groups is 1. The van der Waals surface area contributed by atoms with Crippen LogP contribution < -0.4 is 10.9 Å². The van der Waals surface area contributed by atoms with E-state index in [1.165, 1.54) is 0 Å². The summed E-state index contributed by atoms with van der Waals surface area (Å²) in [5.41, 5.74) is 6.97. The van der Waals surface area contributed by atoms with E-state index in [0.29, 0.717) is 0 Å². The van der Waals surface area contributed by atoms with Gasteiger partial charge in [-0.15, -0.1) is 0 Å². The third-order valence-electron chi connectivity index (χ3n) is 2.76. The molecule has 4 nitrogen and oxygen atoms in total. The van der Waals surface area contributed by atoms with E-state index < -0.39 is 0 Å². The maximum atomic E-state index is 11.5. The Balaban J connectivity index is 1.76. The molecule has 2 amide bonds. The van der Waals surface area contributed by atoms with Crippen LogP contribution in [-0.4, -0.2) is 11.8 Å². The second kappa shape index (κ2) is 4.99. The molecular weight excluding hydrogens is 216 g/mol. The summed E-state index contributed by atoms with van der Waals surface area (Å²) in [6.45, 7) is 2.00. The summed E-state index contributed by atoms with van der Waals surface area (Å²) in [7, 11) is 0. The van der Waals surface area contributed by atoms with Crippen molar-refractivity contribution < 1.29 is 9.59 Å². The molecule has 0 unspecified atom stereocenters. The lowest BCUT2D eigenvalue weighted by Gasteiger charge is -2.06. The van der Waals surface area contributed by atoms with Gasteiger partial charge in [-0.2, -0.15) is 0 Å². The molecule has 0 bridgehead atoms. The minimum absolute atomic E-state index is 0.0812. The standard InChI is InChI=1S/C13H16N2O2/c1-9-2-4-10(5-3-9)8-12(16)14-15-13(17)11-6-7-11/h2-5,11H,6-8H2,1H3,(H,14,16)(H,15,17). The molecule has 0 saturated heterocycles. The van der Waals surface area contributed by atoms with Crippen molar-refractivity contribution in [3.8, 4) is 0 Å². The normalized spacial score (nSPS) is 14.2. The van der Waals surface area contributed by atoms with Gasteiger partial charge >= 0.3 is 0 Å². The molecule has 1 saturated carbocycles. The van der Waals surface area contributed by atoms with Gasteiger partial charge in [0.25, 0.3) is 0 Å². The smallest absolute Gasteiger partial charge is 0.242 e. The Hall–Kier alpha value is -1.84. The summed E-state index contributed by atoms with van der Waals surface area (Å²) < 4.78 is 0. The molecule has 17 heavy (non-hydrogen) atoms. The first kappa shape index (κ1) is 11.6. The number of benzene rings is 1. The summed E-state index contributed by atoms with van der Waals surface area (Å²) in [5.74, 6) is -0.167. The molecule has 2 rings (SSSR count). The number of rotatable bonds is 3. The van der Waals surface area contributed by atoms with E-state index in [1.54, 1.807) is 0 Å². The molecule has 0 spiro atoms. The van der Waals surface area contributed by atoms with Crippen LogP contribution in [0.4, 0.5) is 0 Å². The Kier molecular flexibility index (Phi) is 3.42. The fraction of sp³-hybridized carbons (Fsp3) is 0.385. The Morgan fingerprint density at radius 1 is 1.18 bits per heavy atom. The molecule has 1 aromatic carbocycles. The lowest BCUT2D eigenvalue weighted by atomic mass is 10.1. The van der Waals surface area contributed by atoms with E-state index in [9.17, 15) is 9.59 Å². The molecule has 90 valence electrons. The number of aryl methyl sites for hydroxylation is 1. The van der Waals surface area contributed by atoms with Gasteiger partial charge in [0.2, 0.25) is 11.8 Å². The topological polar surface area (TPSA) is 58.2 Å². The number of hydrogen-bond donors (Lipinski definition) is 2. The maximum absolute atomic E-state index is 11.5. The predicted molar refractivity (Wildman–Crippen MR) is 63.9 cm³/mol. The Labute approximate surface area is 100 Å². The molecule has 1 aliphatic carbocycles. The number of hydrogen-bond acceptors (Lipinski definition) is 2. The van der Waals surface area contributed by atoms with Crippen LogP contribution in [0.15, 0.2) is 24.3 Å². The van der Waals surface area contributed by atoms with Crippen molar-refractivity contribution in [3.05, 3.63) is 35.4 Å². The van der Waals surface area contributed by atoms with Gasteiger partial charge < -0.3 is 0 Å². The molecule has 1 aromatic rings. The van der Waals surface area contributed by atoms with Crippen LogP contribution in [0.1, 0.15) is 24.0 Å². The second-order valence-corrected chi connectivity index (χ2v) is 4.47. The van der Waals surface area contributed by atoms with E-state index in [0.717, 1.165) is 24.0 Å². The van der Waals surface area contributed by atoms with Crippen molar-refractivity contribution in [2.45, 2.75) is 26.2 Å². The molecule has 0 heterocycles. The molecule has 0 radical (unpaired) electrons. The van der Waals surface area contributed by atoms with Crippen LogP contribution in [0, 0.1) is 12.8 Å². The summed E-state index contributed by atoms with van der Waals surface area (Å²) in [6.07, 6.45) is 2.14. The van der Waals surface area contributed by atoms with Gasteiger partial charge in [0, 0.05) is 5.92 Å². The zero-order chi connectivity index (χ0) is 12.3. The average molecular weight is 232 g/mol. The lowest BCUT2D eigenvalue weighted by molar-refractivity contribution is -0.129. The highest BCUT2D eigenvalue weighted by Crippen LogP contribution is 2.28. The fourth-order valence-electron chi connectivity index (χ4n) is 1.51. The molecule has 2 N–H and O–H groups in total. The number of carbonyl (C=O) groups is 2. The van der Waals surface area contributed by atoms with E-state index >= 15 is 0 Å². The Morgan fingerprint density at radius 3 is 2.41 bits per heavy atom. The minimum atomic E-state index is -0.192. The molecule has 0 aromatic heterocycles. The largest absolute Gasteiger partial charge is 0.273 e. The molecule has 0 aliphatic heterocycles. The van der Waals surface area contributed by atoms with Gasteiger partial charge in [-0.3, -0.25) is 20.4 Å². The third kappa shape index (κ3) is 3.59. The van der Waals surface area contributed by atoms with Crippen molar-refractivity contribution in [2.75, 3.05) is 0 Å². The van der Waals surface area contributed by atoms with Gasteiger partial charge in [-0.25, -0.2) is 0 Å². The zero-order valence-corrected chi connectivity index (χ0v) is 9.82. The van der Waals surface area contributed by atoms with E-state index in [1.807, 2.05) is 31.2 Å². The van der Waals surface area contributed by atoms with Gasteiger partial charge in [0.1, 0.15) is 0 Å². The van der Waals surface area contributed by atoms with Crippen LogP contribution >= 0.6 is 0 Å². The highest BCUT2D eigenvalue weighted by molar-refractivity contribution is 5.85. The quantitative estimate of drug-likeness (QED) is 0.767. The maximum Gasteiger partial charge on any atom is 0.242 e. The predicted octanol–water partition coefficient (Wildman–Crippen LogP) is 1.09. The lowest BCUT2D eigenvalue weighted by Crippen LogP contribution is -2.43. The second-order valence-electron chi connectivity index (χ2n) is 4.47. The zero-order valence-electron chi connectivity index (χ0n) is 9.82. The summed E-state index contributed by atoms with van der Waals surface area (Å²) in [6, 6.07) is 7.76. The molecule has 1 aliphatic rings. The van der Waals surface area contributed by atoms with Crippen LogP contribution in [-0.2, 0) is 16.0 Å². The number of carbonyl (C=O) groups excluding carboxylic acids is 2. The summed E-state index contributed by atoms with van der Waals surface area (Å²) in [4.78, 5) is 22.8. The molecule has 0 atom stereocenters. The van der Waals surface area contributed by atoms with Crippen molar-refractivity contribution in [3.63, 3.8) is 0 Å². The van der Waals surface area contributed by atoms with Crippen molar-refractivity contribution >= 4 is 11.8 Å². The van der Waals surface area contributed by atoms with Crippen molar-refractivity contribution in [1.82, 2.24) is 10.9 Å². The first-order valence-corrected chi connectivity index (χ1v) is 5.79. The van der Waals surface area contributed by atoms with E-state index in [-0.39, 0.29) is 24.2 Å². The van der Waals surface area contributed by atoms with Crippen molar-refractivity contribution in [1.29, 1.82) is 0 Å². The highest BCUT2D eigenvalue weighted by Gasteiger charge is 2.29. The Morgan fingerprint density at radius 2 is 1.82 bits per heavy atom. The third-order valence-corrected chi connectivity index (χ3v) is 2.76. The van der Waals surface area contributed by atoms with Crippen LogP contribution in [0.25, 0.3) is 0 Å². The van der Waals surface area contributed by atoms with Gasteiger partial charge in [0.15, 0.2) is 0 Å². The minimum Gasteiger partial charge on any atom is -0.273 e. The summed E-state index contributed by atoms with van der Waals surface area (Å²) in [5, 5.41) is 0. The first-order chi connectivity index (χ1) is 8.15. The average Bonchev–Trinajstić information content (AvgIpc) is 3.13. The molecule has 4 heteroatoms. The summed E-state index contributed by atoms with van der Waals surface area (Å²) >= 11 is 0. The number of nitrogens with one attached hydrogen (secondary N) is 2. The van der Waals surface area contributed by atoms with E-state index in [2.05, 4.69) is 10.9 Å². The first-order valence-electron chi connectivity index (χ1n) is 5.79. The molecule has 1 fully saturated rings. The van der Waals surface area contributed by atoms with E-state index in [4.69, 9.17) is 0 Å². The van der Waals surface area contributed by atoms with Gasteiger partial charge in [0.05, 0.1) is 6.42 Å². The SMILES string of the molecule is Cc1ccc(CC(=O)NNC(=O)C2CC2)cc1. The monoisotopic (exact) mass is 232 g/mol. The molecular formula is C13H16N2O2. The van der Waals surface area contributed by atoms with Crippen LogP contribution in [0.5, 0.6) is 0 Å². The fourth-order valence-corrected chi connectivity index (χ4v) is 1.51.